The number of thioether (sulfide) groups is 1. The van der Waals surface area contributed by atoms with Crippen molar-refractivity contribution in [2.24, 2.45) is 5.92 Å². The van der Waals surface area contributed by atoms with E-state index in [1.807, 2.05) is 0 Å². The van der Waals surface area contributed by atoms with Crippen LogP contribution in [0.15, 0.2) is 18.2 Å². The number of ether oxygens (including phenoxy) is 1. The van der Waals surface area contributed by atoms with Gasteiger partial charge in [0.1, 0.15) is 5.75 Å². The zero-order valence-corrected chi connectivity index (χ0v) is 9.90. The van der Waals surface area contributed by atoms with Crippen LogP contribution in [0, 0.1) is 5.92 Å². The van der Waals surface area contributed by atoms with E-state index in [2.05, 4.69) is 0 Å². The molecular weight excluding hydrogens is 232 g/mol. The maximum atomic E-state index is 12.0. The lowest BCUT2D eigenvalue weighted by Crippen LogP contribution is -2.28. The van der Waals surface area contributed by atoms with Crippen molar-refractivity contribution in [2.75, 3.05) is 18.6 Å². The quantitative estimate of drug-likeness (QED) is 0.763. The zero-order chi connectivity index (χ0) is 10.8. The van der Waals surface area contributed by atoms with E-state index in [1.165, 1.54) is 0 Å². The summed E-state index contributed by atoms with van der Waals surface area (Å²) in [6.45, 7) is 0. The van der Waals surface area contributed by atoms with Gasteiger partial charge in [-0.1, -0.05) is 17.7 Å². The number of rotatable bonds is 3. The summed E-state index contributed by atoms with van der Waals surface area (Å²) in [7, 11) is 1.55. The van der Waals surface area contributed by atoms with Crippen molar-refractivity contribution in [1.29, 1.82) is 0 Å². The van der Waals surface area contributed by atoms with Crippen LogP contribution in [-0.2, 0) is 0 Å². The van der Waals surface area contributed by atoms with Crippen LogP contribution in [0.1, 0.15) is 10.4 Å². The number of carbonyl (C=O) groups is 1. The van der Waals surface area contributed by atoms with Crippen molar-refractivity contribution < 1.29 is 9.53 Å². The van der Waals surface area contributed by atoms with E-state index < -0.39 is 0 Å². The molecular formula is C11H11ClO2S. The molecule has 0 aliphatic carbocycles. The molecule has 1 aromatic carbocycles. The third-order valence-corrected chi connectivity index (χ3v) is 4.04. The summed E-state index contributed by atoms with van der Waals surface area (Å²) < 4.78 is 5.15. The Balaban J connectivity index is 2.36. The van der Waals surface area contributed by atoms with Crippen LogP contribution in [0.2, 0.25) is 5.02 Å². The molecule has 2 rings (SSSR count). The topological polar surface area (TPSA) is 26.3 Å². The van der Waals surface area contributed by atoms with Gasteiger partial charge in [0, 0.05) is 17.4 Å². The summed E-state index contributed by atoms with van der Waals surface area (Å²) in [6.07, 6.45) is 0. The third kappa shape index (κ3) is 1.99. The van der Waals surface area contributed by atoms with Gasteiger partial charge in [0.25, 0.3) is 0 Å². The van der Waals surface area contributed by atoms with Gasteiger partial charge in [-0.15, -0.1) is 0 Å². The molecule has 15 heavy (non-hydrogen) atoms. The number of hydrogen-bond donors (Lipinski definition) is 0. The van der Waals surface area contributed by atoms with E-state index in [-0.39, 0.29) is 11.7 Å². The Hall–Kier alpha value is -0.670. The van der Waals surface area contributed by atoms with Gasteiger partial charge in [0.05, 0.1) is 17.7 Å². The summed E-state index contributed by atoms with van der Waals surface area (Å²) in [5, 5.41) is 0.483. The van der Waals surface area contributed by atoms with Gasteiger partial charge in [-0.2, -0.15) is 11.8 Å². The van der Waals surface area contributed by atoms with Crippen LogP contribution in [0.4, 0.5) is 0 Å². The van der Waals surface area contributed by atoms with E-state index in [1.54, 1.807) is 37.1 Å². The molecule has 0 aromatic heterocycles. The minimum absolute atomic E-state index is 0.108. The fourth-order valence-corrected chi connectivity index (χ4v) is 2.54. The van der Waals surface area contributed by atoms with Gasteiger partial charge >= 0.3 is 0 Å². The Morgan fingerprint density at radius 3 is 2.80 bits per heavy atom. The normalized spacial score (nSPS) is 15.9. The number of carbonyl (C=O) groups excluding carboxylic acids is 1. The summed E-state index contributed by atoms with van der Waals surface area (Å²) in [4.78, 5) is 12.0. The van der Waals surface area contributed by atoms with Crippen LogP contribution in [0.25, 0.3) is 0 Å². The second-order valence-corrected chi connectivity index (χ2v) is 4.90. The molecule has 0 unspecified atom stereocenters. The molecule has 0 radical (unpaired) electrons. The van der Waals surface area contributed by atoms with Crippen LogP contribution in [-0.4, -0.2) is 24.4 Å². The van der Waals surface area contributed by atoms with E-state index in [0.717, 1.165) is 11.5 Å². The van der Waals surface area contributed by atoms with Crippen LogP contribution < -0.4 is 4.74 Å². The van der Waals surface area contributed by atoms with Gasteiger partial charge < -0.3 is 4.74 Å². The maximum Gasteiger partial charge on any atom is 0.172 e. The van der Waals surface area contributed by atoms with Crippen LogP contribution in [0.5, 0.6) is 5.75 Å². The predicted molar refractivity (Wildman–Crippen MR) is 63.1 cm³/mol. The summed E-state index contributed by atoms with van der Waals surface area (Å²) in [6, 6.07) is 5.28. The van der Waals surface area contributed by atoms with Crippen molar-refractivity contribution in [3.8, 4) is 5.75 Å². The molecule has 1 saturated heterocycles. The lowest BCUT2D eigenvalue weighted by molar-refractivity contribution is 0.0936. The molecule has 0 saturated carbocycles. The summed E-state index contributed by atoms with van der Waals surface area (Å²) in [5.41, 5.74) is 0.534. The average Bonchev–Trinajstić information content (AvgIpc) is 2.14. The smallest absolute Gasteiger partial charge is 0.172 e. The van der Waals surface area contributed by atoms with E-state index in [4.69, 9.17) is 16.3 Å². The second-order valence-electron chi connectivity index (χ2n) is 3.42. The number of ketones is 1. The third-order valence-electron chi connectivity index (χ3n) is 2.45. The molecule has 0 amide bonds. The van der Waals surface area contributed by atoms with Crippen molar-refractivity contribution >= 4 is 29.1 Å². The first kappa shape index (κ1) is 10.8. The Labute approximate surface area is 98.0 Å². The first-order valence-corrected chi connectivity index (χ1v) is 6.21. The Morgan fingerprint density at radius 2 is 2.27 bits per heavy atom. The number of Topliss-reactive ketones (excluding diaryl/α,β-unsaturated/α-hetero) is 1. The molecule has 0 spiro atoms. The van der Waals surface area contributed by atoms with E-state index >= 15 is 0 Å². The first-order chi connectivity index (χ1) is 7.24. The van der Waals surface area contributed by atoms with Gasteiger partial charge in [-0.25, -0.2) is 0 Å². The molecule has 0 N–H and O–H groups in total. The standard InChI is InChI=1S/C11H11ClO2S/c1-14-9-4-2-3-8(12)10(9)11(13)7-5-15-6-7/h2-4,7H,5-6H2,1H3. The van der Waals surface area contributed by atoms with Gasteiger partial charge in [-0.05, 0) is 12.1 Å². The predicted octanol–water partition coefficient (Wildman–Crippen LogP) is 2.89. The molecule has 4 heteroatoms. The zero-order valence-electron chi connectivity index (χ0n) is 8.33. The highest BCUT2D eigenvalue weighted by molar-refractivity contribution is 8.00. The van der Waals surface area contributed by atoms with Gasteiger partial charge in [-0.3, -0.25) is 4.79 Å². The van der Waals surface area contributed by atoms with E-state index in [0.29, 0.717) is 16.3 Å². The van der Waals surface area contributed by atoms with Gasteiger partial charge in [0.2, 0.25) is 0 Å². The van der Waals surface area contributed by atoms with E-state index in [9.17, 15) is 4.79 Å². The molecule has 1 aliphatic rings. The Bertz CT molecular complexity index is 388. The highest BCUT2D eigenvalue weighted by atomic mass is 35.5. The highest BCUT2D eigenvalue weighted by Gasteiger charge is 2.30. The summed E-state index contributed by atoms with van der Waals surface area (Å²) in [5.74, 6) is 2.59. The number of hydrogen-bond acceptors (Lipinski definition) is 3. The van der Waals surface area contributed by atoms with Crippen molar-refractivity contribution in [1.82, 2.24) is 0 Å². The lowest BCUT2D eigenvalue weighted by Gasteiger charge is -2.24. The molecule has 2 nitrogen and oxygen atoms in total. The maximum absolute atomic E-state index is 12.0. The van der Waals surface area contributed by atoms with Gasteiger partial charge in [0.15, 0.2) is 5.78 Å². The number of halogens is 1. The molecule has 0 bridgehead atoms. The average molecular weight is 243 g/mol. The summed E-state index contributed by atoms with van der Waals surface area (Å²) >= 11 is 7.80. The largest absolute Gasteiger partial charge is 0.496 e. The minimum Gasteiger partial charge on any atom is -0.496 e. The van der Waals surface area contributed by atoms with Crippen molar-refractivity contribution in [2.45, 2.75) is 0 Å². The van der Waals surface area contributed by atoms with Crippen molar-refractivity contribution in [3.63, 3.8) is 0 Å². The highest BCUT2D eigenvalue weighted by Crippen LogP contribution is 2.34. The Morgan fingerprint density at radius 1 is 1.53 bits per heavy atom. The molecule has 1 heterocycles. The lowest BCUT2D eigenvalue weighted by atomic mass is 9.99. The SMILES string of the molecule is COc1cccc(Cl)c1C(=O)C1CSC1. The van der Waals surface area contributed by atoms with Crippen LogP contribution in [0.3, 0.4) is 0 Å². The first-order valence-electron chi connectivity index (χ1n) is 4.68. The van der Waals surface area contributed by atoms with Crippen molar-refractivity contribution in [3.05, 3.63) is 28.8 Å². The number of benzene rings is 1. The number of methoxy groups -OCH3 is 1. The fraction of sp³-hybridized carbons (Fsp3) is 0.364. The second kappa shape index (κ2) is 4.45. The minimum atomic E-state index is 0.108. The Kier molecular flexibility index (Phi) is 3.22. The molecule has 1 aromatic rings. The van der Waals surface area contributed by atoms with Crippen LogP contribution >= 0.6 is 23.4 Å². The molecule has 0 atom stereocenters. The monoisotopic (exact) mass is 242 g/mol. The molecule has 80 valence electrons. The molecule has 1 fully saturated rings. The molecule has 1 aliphatic heterocycles. The fourth-order valence-electron chi connectivity index (χ4n) is 1.50.